The highest BCUT2D eigenvalue weighted by Crippen LogP contribution is 2.31. The van der Waals surface area contributed by atoms with Crippen molar-refractivity contribution in [2.75, 3.05) is 44.7 Å². The minimum absolute atomic E-state index is 0.0876. The van der Waals surface area contributed by atoms with Crippen molar-refractivity contribution >= 4 is 17.0 Å². The number of hydrogen-bond donors (Lipinski definition) is 0. The van der Waals surface area contributed by atoms with Crippen molar-refractivity contribution in [1.82, 2.24) is 4.90 Å². The molecule has 3 aromatic rings. The molecule has 1 saturated heterocycles. The smallest absolute Gasteiger partial charge is 0.142 e. The Morgan fingerprint density at radius 2 is 1.75 bits per heavy atom. The van der Waals surface area contributed by atoms with Gasteiger partial charge < -0.3 is 14.4 Å². The fourth-order valence-electron chi connectivity index (χ4n) is 4.25. The fourth-order valence-corrected chi connectivity index (χ4v) is 5.04. The average Bonchev–Trinajstić information content (AvgIpc) is 3.37. The summed E-state index contributed by atoms with van der Waals surface area (Å²) in [7, 11) is 1.75. The van der Waals surface area contributed by atoms with Crippen LogP contribution in [0.1, 0.15) is 42.7 Å². The summed E-state index contributed by atoms with van der Waals surface area (Å²) in [4.78, 5) is 6.29. The molecule has 1 aromatic heterocycles. The van der Waals surface area contributed by atoms with E-state index in [0.29, 0.717) is 5.92 Å². The SMILES string of the molecule is COc1ccccc1N1CCN(CC[C@H](Oc2cccc(C(C)C)c2)c2cccs2)CC1. The van der Waals surface area contributed by atoms with Gasteiger partial charge in [0.25, 0.3) is 0 Å². The second kappa shape index (κ2) is 10.9. The van der Waals surface area contributed by atoms with Crippen LogP contribution in [0, 0.1) is 0 Å². The minimum atomic E-state index is 0.0876. The van der Waals surface area contributed by atoms with Crippen molar-refractivity contribution in [3.8, 4) is 11.5 Å². The number of nitrogens with zero attached hydrogens (tertiary/aromatic N) is 2. The molecule has 0 unspecified atom stereocenters. The van der Waals surface area contributed by atoms with Gasteiger partial charge in [0.05, 0.1) is 12.8 Å². The summed E-state index contributed by atoms with van der Waals surface area (Å²) in [6.45, 7) is 9.62. The van der Waals surface area contributed by atoms with E-state index in [-0.39, 0.29) is 6.10 Å². The van der Waals surface area contributed by atoms with Gasteiger partial charge in [-0.3, -0.25) is 4.90 Å². The number of hydrogen-bond acceptors (Lipinski definition) is 5. The van der Waals surface area contributed by atoms with E-state index in [9.17, 15) is 0 Å². The van der Waals surface area contributed by atoms with Crippen LogP contribution in [0.25, 0.3) is 0 Å². The zero-order chi connectivity index (χ0) is 22.3. The number of rotatable bonds is 9. The standard InChI is InChI=1S/C27H34N2O2S/c1-21(2)22-8-6-9-23(20-22)31-26(27-12-7-19-32-27)13-14-28-15-17-29(18-16-28)24-10-4-5-11-25(24)30-3/h4-12,19-21,26H,13-18H2,1-3H3/t26-/m0/s1. The highest BCUT2D eigenvalue weighted by atomic mass is 32.1. The van der Waals surface area contributed by atoms with E-state index in [1.165, 1.54) is 16.1 Å². The molecule has 32 heavy (non-hydrogen) atoms. The Labute approximate surface area is 196 Å². The summed E-state index contributed by atoms with van der Waals surface area (Å²) in [5.41, 5.74) is 2.51. The predicted molar refractivity (Wildman–Crippen MR) is 134 cm³/mol. The molecule has 170 valence electrons. The first-order valence-electron chi connectivity index (χ1n) is 11.5. The van der Waals surface area contributed by atoms with Crippen LogP contribution in [-0.4, -0.2) is 44.7 Å². The van der Waals surface area contributed by atoms with E-state index < -0.39 is 0 Å². The summed E-state index contributed by atoms with van der Waals surface area (Å²) >= 11 is 1.78. The Balaban J connectivity index is 1.36. The molecule has 0 radical (unpaired) electrons. The first kappa shape index (κ1) is 22.7. The average molecular weight is 451 g/mol. The van der Waals surface area contributed by atoms with E-state index in [4.69, 9.17) is 9.47 Å². The number of piperazine rings is 1. The largest absolute Gasteiger partial charge is 0.495 e. The van der Waals surface area contributed by atoms with Gasteiger partial charge in [0.1, 0.15) is 17.6 Å². The molecule has 1 atom stereocenters. The van der Waals surface area contributed by atoms with Gasteiger partial charge in [-0.25, -0.2) is 0 Å². The number of para-hydroxylation sites is 2. The molecular formula is C27H34N2O2S. The number of thiophene rings is 1. The summed E-state index contributed by atoms with van der Waals surface area (Å²) in [6, 6.07) is 21.2. The Morgan fingerprint density at radius 1 is 0.938 bits per heavy atom. The first-order chi connectivity index (χ1) is 15.6. The lowest BCUT2D eigenvalue weighted by Gasteiger charge is -2.37. The van der Waals surface area contributed by atoms with E-state index in [1.54, 1.807) is 18.4 Å². The van der Waals surface area contributed by atoms with Gasteiger partial charge in [-0.15, -0.1) is 11.3 Å². The third kappa shape index (κ3) is 5.64. The molecule has 1 aliphatic heterocycles. The highest BCUT2D eigenvalue weighted by Gasteiger charge is 2.22. The molecule has 5 heteroatoms. The number of methoxy groups -OCH3 is 1. The topological polar surface area (TPSA) is 24.9 Å². The van der Waals surface area contributed by atoms with Crippen molar-refractivity contribution in [1.29, 1.82) is 0 Å². The maximum Gasteiger partial charge on any atom is 0.142 e. The second-order valence-electron chi connectivity index (χ2n) is 8.64. The third-order valence-corrected chi connectivity index (χ3v) is 7.13. The second-order valence-corrected chi connectivity index (χ2v) is 9.62. The van der Waals surface area contributed by atoms with Crippen LogP contribution in [0.2, 0.25) is 0 Å². The molecule has 0 amide bonds. The van der Waals surface area contributed by atoms with E-state index in [1.807, 2.05) is 12.1 Å². The molecule has 2 aromatic carbocycles. The lowest BCUT2D eigenvalue weighted by Crippen LogP contribution is -2.47. The summed E-state index contributed by atoms with van der Waals surface area (Å²) in [5.74, 6) is 2.42. The van der Waals surface area contributed by atoms with Gasteiger partial charge in [0.2, 0.25) is 0 Å². The molecule has 0 spiro atoms. The van der Waals surface area contributed by atoms with Crippen LogP contribution >= 0.6 is 11.3 Å². The van der Waals surface area contributed by atoms with Crippen LogP contribution in [-0.2, 0) is 0 Å². The van der Waals surface area contributed by atoms with Crippen LogP contribution in [0.5, 0.6) is 11.5 Å². The van der Waals surface area contributed by atoms with Crippen molar-refractivity contribution in [2.24, 2.45) is 0 Å². The van der Waals surface area contributed by atoms with Crippen molar-refractivity contribution in [3.05, 3.63) is 76.5 Å². The molecule has 0 bridgehead atoms. The van der Waals surface area contributed by atoms with Crippen LogP contribution in [0.4, 0.5) is 5.69 Å². The molecule has 0 saturated carbocycles. The van der Waals surface area contributed by atoms with Crippen LogP contribution in [0.3, 0.4) is 0 Å². The van der Waals surface area contributed by atoms with E-state index in [0.717, 1.165) is 50.6 Å². The zero-order valence-electron chi connectivity index (χ0n) is 19.4. The maximum absolute atomic E-state index is 6.52. The summed E-state index contributed by atoms with van der Waals surface area (Å²) in [5, 5.41) is 2.14. The third-order valence-electron chi connectivity index (χ3n) is 6.17. The zero-order valence-corrected chi connectivity index (χ0v) is 20.2. The molecule has 2 heterocycles. The Bertz CT molecular complexity index is 965. The Hall–Kier alpha value is -2.50. The van der Waals surface area contributed by atoms with Crippen molar-refractivity contribution in [3.63, 3.8) is 0 Å². The minimum Gasteiger partial charge on any atom is -0.495 e. The van der Waals surface area contributed by atoms with Crippen molar-refractivity contribution in [2.45, 2.75) is 32.3 Å². The Kier molecular flexibility index (Phi) is 7.72. The quantitative estimate of drug-likeness (QED) is 0.387. The van der Waals surface area contributed by atoms with Crippen LogP contribution in [0.15, 0.2) is 66.0 Å². The van der Waals surface area contributed by atoms with Gasteiger partial charge in [-0.2, -0.15) is 0 Å². The molecule has 4 rings (SSSR count). The van der Waals surface area contributed by atoms with Crippen molar-refractivity contribution < 1.29 is 9.47 Å². The van der Waals surface area contributed by atoms with Crippen LogP contribution < -0.4 is 14.4 Å². The molecular weight excluding hydrogens is 416 g/mol. The van der Waals surface area contributed by atoms with Gasteiger partial charge in [0.15, 0.2) is 0 Å². The molecule has 0 aliphatic carbocycles. The predicted octanol–water partition coefficient (Wildman–Crippen LogP) is 6.21. The summed E-state index contributed by atoms with van der Waals surface area (Å²) in [6.07, 6.45) is 1.07. The maximum atomic E-state index is 6.52. The molecule has 0 N–H and O–H groups in total. The van der Waals surface area contributed by atoms with Gasteiger partial charge in [-0.1, -0.05) is 44.2 Å². The lowest BCUT2D eigenvalue weighted by atomic mass is 10.0. The van der Waals surface area contributed by atoms with E-state index in [2.05, 4.69) is 77.6 Å². The molecule has 1 aliphatic rings. The highest BCUT2D eigenvalue weighted by molar-refractivity contribution is 7.10. The molecule has 1 fully saturated rings. The molecule has 4 nitrogen and oxygen atoms in total. The van der Waals surface area contributed by atoms with Gasteiger partial charge >= 0.3 is 0 Å². The summed E-state index contributed by atoms with van der Waals surface area (Å²) < 4.78 is 12.1. The lowest BCUT2D eigenvalue weighted by molar-refractivity contribution is 0.162. The normalized spacial score (nSPS) is 15.7. The number of benzene rings is 2. The Morgan fingerprint density at radius 3 is 2.47 bits per heavy atom. The van der Waals surface area contributed by atoms with Gasteiger partial charge in [-0.05, 0) is 47.2 Å². The number of anilines is 1. The fraction of sp³-hybridized carbons (Fsp3) is 0.407. The first-order valence-corrected chi connectivity index (χ1v) is 12.4. The number of ether oxygens (including phenoxy) is 2. The monoisotopic (exact) mass is 450 g/mol. The van der Waals surface area contributed by atoms with Gasteiger partial charge in [0, 0.05) is 44.0 Å². The van der Waals surface area contributed by atoms with E-state index >= 15 is 0 Å².